The van der Waals surface area contributed by atoms with Gasteiger partial charge in [0.25, 0.3) is 0 Å². The summed E-state index contributed by atoms with van der Waals surface area (Å²) in [4.78, 5) is 13.9. The van der Waals surface area contributed by atoms with Crippen LogP contribution >= 0.6 is 0 Å². The molecule has 0 aromatic rings. The predicted molar refractivity (Wildman–Crippen MR) is 58.4 cm³/mol. The van der Waals surface area contributed by atoms with E-state index in [0.717, 1.165) is 13.0 Å². The summed E-state index contributed by atoms with van der Waals surface area (Å²) in [7, 11) is 0. The molecule has 1 heterocycles. The van der Waals surface area contributed by atoms with Crippen LogP contribution in [0.4, 0.5) is 0 Å². The first-order valence-corrected chi connectivity index (χ1v) is 5.57. The molecule has 3 heteroatoms. The summed E-state index contributed by atoms with van der Waals surface area (Å²) < 4.78 is 0. The molecule has 0 spiro atoms. The lowest BCUT2D eigenvalue weighted by Crippen LogP contribution is -2.41. The van der Waals surface area contributed by atoms with Crippen LogP contribution in [0.1, 0.15) is 34.1 Å². The summed E-state index contributed by atoms with van der Waals surface area (Å²) in [6.45, 7) is 10.0. The molecule has 1 N–H and O–H groups in total. The molecule has 1 aliphatic rings. The molecule has 1 fully saturated rings. The third kappa shape index (κ3) is 2.79. The SMILES string of the molecule is CCC(C)N1CC(=O)C(NC(C)C)C1. The molecule has 0 aromatic carbocycles. The van der Waals surface area contributed by atoms with E-state index in [1.165, 1.54) is 0 Å². The van der Waals surface area contributed by atoms with Gasteiger partial charge in [0, 0.05) is 18.6 Å². The molecule has 0 saturated carbocycles. The van der Waals surface area contributed by atoms with Crippen molar-refractivity contribution in [1.82, 2.24) is 10.2 Å². The Bertz CT molecular complexity index is 203. The summed E-state index contributed by atoms with van der Waals surface area (Å²) in [5.74, 6) is 0.346. The fourth-order valence-corrected chi connectivity index (χ4v) is 1.85. The summed E-state index contributed by atoms with van der Waals surface area (Å²) in [5.41, 5.74) is 0. The van der Waals surface area contributed by atoms with E-state index >= 15 is 0 Å². The molecule has 2 atom stereocenters. The minimum atomic E-state index is 0.0593. The second-order valence-corrected chi connectivity index (χ2v) is 4.53. The fourth-order valence-electron chi connectivity index (χ4n) is 1.85. The molecule has 0 amide bonds. The van der Waals surface area contributed by atoms with Gasteiger partial charge in [0.2, 0.25) is 0 Å². The third-order valence-corrected chi connectivity index (χ3v) is 2.91. The second kappa shape index (κ2) is 4.89. The van der Waals surface area contributed by atoms with Gasteiger partial charge in [-0.05, 0) is 13.3 Å². The molecule has 0 radical (unpaired) electrons. The first-order valence-electron chi connectivity index (χ1n) is 5.57. The minimum Gasteiger partial charge on any atom is -0.304 e. The Balaban J connectivity index is 2.47. The van der Waals surface area contributed by atoms with E-state index in [-0.39, 0.29) is 6.04 Å². The Morgan fingerprint density at radius 1 is 1.50 bits per heavy atom. The molecule has 82 valence electrons. The van der Waals surface area contributed by atoms with E-state index in [0.29, 0.717) is 24.4 Å². The van der Waals surface area contributed by atoms with Crippen LogP contribution in [-0.4, -0.2) is 41.9 Å². The number of nitrogens with zero attached hydrogens (tertiary/aromatic N) is 1. The number of hydrogen-bond donors (Lipinski definition) is 1. The van der Waals surface area contributed by atoms with Crippen LogP contribution in [0.2, 0.25) is 0 Å². The lowest BCUT2D eigenvalue weighted by Gasteiger charge is -2.22. The molecule has 1 rings (SSSR count). The van der Waals surface area contributed by atoms with Crippen molar-refractivity contribution in [2.75, 3.05) is 13.1 Å². The number of ketones is 1. The van der Waals surface area contributed by atoms with Gasteiger partial charge >= 0.3 is 0 Å². The summed E-state index contributed by atoms with van der Waals surface area (Å²) in [5, 5.41) is 3.31. The number of nitrogens with one attached hydrogen (secondary N) is 1. The highest BCUT2D eigenvalue weighted by molar-refractivity contribution is 5.88. The first kappa shape index (κ1) is 11.7. The van der Waals surface area contributed by atoms with E-state index in [4.69, 9.17) is 0 Å². The number of carbonyl (C=O) groups excluding carboxylic acids is 1. The second-order valence-electron chi connectivity index (χ2n) is 4.53. The molecular formula is C11H22N2O. The molecular weight excluding hydrogens is 176 g/mol. The maximum atomic E-state index is 11.6. The Kier molecular flexibility index (Phi) is 4.08. The number of rotatable bonds is 4. The maximum absolute atomic E-state index is 11.6. The normalized spacial score (nSPS) is 26.1. The predicted octanol–water partition coefficient (Wildman–Crippen LogP) is 1.04. The first-order chi connectivity index (χ1) is 6.54. The van der Waals surface area contributed by atoms with E-state index in [2.05, 4.69) is 37.9 Å². The lowest BCUT2D eigenvalue weighted by atomic mass is 10.2. The average Bonchev–Trinajstić information content (AvgIpc) is 2.46. The Hall–Kier alpha value is -0.410. The Morgan fingerprint density at radius 2 is 2.14 bits per heavy atom. The molecule has 14 heavy (non-hydrogen) atoms. The van der Waals surface area contributed by atoms with Crippen molar-refractivity contribution < 1.29 is 4.79 Å². The number of likely N-dealkylation sites (tertiary alicyclic amines) is 1. The third-order valence-electron chi connectivity index (χ3n) is 2.91. The number of carbonyl (C=O) groups is 1. The molecule has 0 aromatic heterocycles. The van der Waals surface area contributed by atoms with Crippen molar-refractivity contribution in [3.63, 3.8) is 0 Å². The standard InChI is InChI=1S/C11H22N2O/c1-5-9(4)13-6-10(11(14)7-13)12-8(2)3/h8-10,12H,5-7H2,1-4H3. The quantitative estimate of drug-likeness (QED) is 0.732. The van der Waals surface area contributed by atoms with Crippen molar-refractivity contribution in [1.29, 1.82) is 0 Å². The maximum Gasteiger partial charge on any atom is 0.164 e. The minimum absolute atomic E-state index is 0.0593. The summed E-state index contributed by atoms with van der Waals surface area (Å²) in [6.07, 6.45) is 1.11. The van der Waals surface area contributed by atoms with Gasteiger partial charge < -0.3 is 5.32 Å². The largest absolute Gasteiger partial charge is 0.304 e. The van der Waals surface area contributed by atoms with Crippen LogP contribution in [0, 0.1) is 0 Å². The van der Waals surface area contributed by atoms with Crippen LogP contribution in [0.3, 0.4) is 0 Å². The van der Waals surface area contributed by atoms with Crippen LogP contribution in [0.5, 0.6) is 0 Å². The van der Waals surface area contributed by atoms with Crippen molar-refractivity contribution in [2.45, 2.75) is 52.2 Å². The highest BCUT2D eigenvalue weighted by atomic mass is 16.1. The van der Waals surface area contributed by atoms with Gasteiger partial charge in [-0.3, -0.25) is 9.69 Å². The van der Waals surface area contributed by atoms with Gasteiger partial charge in [-0.2, -0.15) is 0 Å². The fraction of sp³-hybridized carbons (Fsp3) is 0.909. The molecule has 1 aliphatic heterocycles. The van der Waals surface area contributed by atoms with Crippen molar-refractivity contribution >= 4 is 5.78 Å². The summed E-state index contributed by atoms with van der Waals surface area (Å²) >= 11 is 0. The molecule has 2 unspecified atom stereocenters. The van der Waals surface area contributed by atoms with E-state index in [9.17, 15) is 4.79 Å². The lowest BCUT2D eigenvalue weighted by molar-refractivity contribution is -0.118. The monoisotopic (exact) mass is 198 g/mol. The zero-order chi connectivity index (χ0) is 10.7. The Morgan fingerprint density at radius 3 is 2.64 bits per heavy atom. The smallest absolute Gasteiger partial charge is 0.164 e. The van der Waals surface area contributed by atoms with Crippen molar-refractivity contribution in [3.8, 4) is 0 Å². The van der Waals surface area contributed by atoms with Gasteiger partial charge in [0.1, 0.15) is 0 Å². The average molecular weight is 198 g/mol. The highest BCUT2D eigenvalue weighted by Crippen LogP contribution is 2.12. The number of hydrogen-bond acceptors (Lipinski definition) is 3. The van der Waals surface area contributed by atoms with E-state index < -0.39 is 0 Å². The van der Waals surface area contributed by atoms with Gasteiger partial charge in [-0.1, -0.05) is 20.8 Å². The van der Waals surface area contributed by atoms with Gasteiger partial charge in [-0.25, -0.2) is 0 Å². The molecule has 0 aliphatic carbocycles. The van der Waals surface area contributed by atoms with Crippen LogP contribution in [0.25, 0.3) is 0 Å². The Labute approximate surface area is 86.9 Å². The van der Waals surface area contributed by atoms with Gasteiger partial charge in [0.15, 0.2) is 5.78 Å². The van der Waals surface area contributed by atoms with E-state index in [1.54, 1.807) is 0 Å². The van der Waals surface area contributed by atoms with Gasteiger partial charge in [0.05, 0.1) is 12.6 Å². The summed E-state index contributed by atoms with van der Waals surface area (Å²) in [6, 6.07) is 0.975. The molecule has 0 bridgehead atoms. The zero-order valence-corrected chi connectivity index (χ0v) is 9.71. The topological polar surface area (TPSA) is 32.3 Å². The van der Waals surface area contributed by atoms with Gasteiger partial charge in [-0.15, -0.1) is 0 Å². The molecule has 1 saturated heterocycles. The van der Waals surface area contributed by atoms with Crippen molar-refractivity contribution in [2.24, 2.45) is 0 Å². The highest BCUT2D eigenvalue weighted by Gasteiger charge is 2.32. The van der Waals surface area contributed by atoms with Crippen molar-refractivity contribution in [3.05, 3.63) is 0 Å². The molecule has 3 nitrogen and oxygen atoms in total. The van der Waals surface area contributed by atoms with Crippen LogP contribution in [0.15, 0.2) is 0 Å². The van der Waals surface area contributed by atoms with Crippen LogP contribution in [-0.2, 0) is 4.79 Å². The van der Waals surface area contributed by atoms with E-state index in [1.807, 2.05) is 0 Å². The van der Waals surface area contributed by atoms with Crippen LogP contribution < -0.4 is 5.32 Å². The zero-order valence-electron chi connectivity index (χ0n) is 9.71. The number of Topliss-reactive ketones (excluding diaryl/α,β-unsaturated/α-hetero) is 1.